The number of sulfonamides is 1. The molecule has 0 amide bonds. The van der Waals surface area contributed by atoms with Gasteiger partial charge in [0.05, 0.1) is 6.54 Å². The number of nitrogen functional groups attached to an aromatic ring is 1. The van der Waals surface area contributed by atoms with Crippen molar-refractivity contribution in [2.45, 2.75) is 24.9 Å². The summed E-state index contributed by atoms with van der Waals surface area (Å²) >= 11 is 0. The lowest BCUT2D eigenvalue weighted by Crippen LogP contribution is -2.25. The number of aromatic nitrogens is 5. The van der Waals surface area contributed by atoms with Crippen LogP contribution in [0.4, 0.5) is 5.82 Å². The maximum atomic E-state index is 12.1. The van der Waals surface area contributed by atoms with E-state index in [9.17, 15) is 8.42 Å². The molecule has 0 saturated heterocycles. The molecule has 2 rings (SSSR count). The van der Waals surface area contributed by atoms with E-state index in [2.05, 4.69) is 20.0 Å². The van der Waals surface area contributed by atoms with Crippen LogP contribution in [-0.2, 0) is 30.2 Å². The first-order chi connectivity index (χ1) is 8.94. The molecule has 0 fully saturated rings. The van der Waals surface area contributed by atoms with Gasteiger partial charge in [0.25, 0.3) is 0 Å². The molecule has 10 heteroatoms. The zero-order chi connectivity index (χ0) is 14.0. The molecule has 0 saturated carbocycles. The van der Waals surface area contributed by atoms with Crippen LogP contribution in [0.25, 0.3) is 0 Å². The first-order valence-corrected chi connectivity index (χ1v) is 7.08. The molecular weight excluding hydrogens is 270 g/mol. The summed E-state index contributed by atoms with van der Waals surface area (Å²) in [4.78, 5) is -0.0439. The number of nitrogens with two attached hydrogens (primary N) is 1. The predicted octanol–water partition coefficient (Wildman–Crippen LogP) is -0.908. The molecule has 2 aromatic rings. The third-order valence-corrected chi connectivity index (χ3v) is 3.99. The molecule has 3 N–H and O–H groups in total. The maximum absolute atomic E-state index is 12.1. The Morgan fingerprint density at radius 1 is 1.47 bits per heavy atom. The van der Waals surface area contributed by atoms with Gasteiger partial charge in [-0.05, 0) is 6.92 Å². The van der Waals surface area contributed by atoms with Crippen molar-refractivity contribution in [1.82, 2.24) is 29.3 Å². The smallest absolute Gasteiger partial charge is 0.246 e. The van der Waals surface area contributed by atoms with E-state index in [0.717, 1.165) is 0 Å². The molecule has 2 aromatic heterocycles. The normalized spacial score (nSPS) is 11.9. The van der Waals surface area contributed by atoms with Crippen molar-refractivity contribution in [3.63, 3.8) is 0 Å². The zero-order valence-electron chi connectivity index (χ0n) is 10.6. The Labute approximate surface area is 110 Å². The van der Waals surface area contributed by atoms with E-state index >= 15 is 0 Å². The second kappa shape index (κ2) is 4.97. The molecule has 0 aliphatic heterocycles. The number of hydrogen-bond donors (Lipinski definition) is 2. The van der Waals surface area contributed by atoms with Gasteiger partial charge in [-0.3, -0.25) is 4.68 Å². The lowest BCUT2D eigenvalue weighted by molar-refractivity contribution is 0.575. The van der Waals surface area contributed by atoms with Gasteiger partial charge in [-0.15, -0.1) is 10.2 Å². The van der Waals surface area contributed by atoms with Crippen LogP contribution in [0.3, 0.4) is 0 Å². The standard InChI is InChI=1S/C9H15N7O2S/c1-3-16-6-11-13-8(16)4-12-19(17,18)7-5-15(2)14-9(7)10/h5-6,12H,3-4H2,1-2H3,(H2,10,14). The van der Waals surface area contributed by atoms with Gasteiger partial charge in [-0.2, -0.15) is 5.10 Å². The molecule has 0 aliphatic rings. The van der Waals surface area contributed by atoms with Crippen molar-refractivity contribution in [1.29, 1.82) is 0 Å². The van der Waals surface area contributed by atoms with E-state index in [0.29, 0.717) is 12.4 Å². The molecule has 0 aliphatic carbocycles. The van der Waals surface area contributed by atoms with Crippen LogP contribution in [-0.4, -0.2) is 33.0 Å². The zero-order valence-corrected chi connectivity index (χ0v) is 11.4. The minimum atomic E-state index is -3.71. The molecule has 0 atom stereocenters. The summed E-state index contributed by atoms with van der Waals surface area (Å²) in [5, 5.41) is 11.4. The summed E-state index contributed by atoms with van der Waals surface area (Å²) in [6.45, 7) is 2.63. The Kier molecular flexibility index (Phi) is 3.53. The van der Waals surface area contributed by atoms with Gasteiger partial charge < -0.3 is 10.3 Å². The number of rotatable bonds is 5. The molecule has 0 spiro atoms. The molecule has 0 radical (unpaired) electrons. The topological polar surface area (TPSA) is 121 Å². The van der Waals surface area contributed by atoms with Gasteiger partial charge in [0.1, 0.15) is 17.0 Å². The average Bonchev–Trinajstić information content (AvgIpc) is 2.93. The fourth-order valence-electron chi connectivity index (χ4n) is 1.61. The summed E-state index contributed by atoms with van der Waals surface area (Å²) in [7, 11) is -2.11. The molecule has 104 valence electrons. The Bertz CT molecular complexity index is 673. The number of anilines is 1. The van der Waals surface area contributed by atoms with Crippen LogP contribution >= 0.6 is 0 Å². The largest absolute Gasteiger partial charge is 0.381 e. The quantitative estimate of drug-likeness (QED) is 0.733. The highest BCUT2D eigenvalue weighted by atomic mass is 32.2. The van der Waals surface area contributed by atoms with Gasteiger partial charge in [0.2, 0.25) is 10.0 Å². The first kappa shape index (κ1) is 13.5. The Balaban J connectivity index is 2.17. The molecule has 2 heterocycles. The summed E-state index contributed by atoms with van der Waals surface area (Å²) in [6.07, 6.45) is 2.89. The van der Waals surface area contributed by atoms with Gasteiger partial charge in [0.15, 0.2) is 5.82 Å². The van der Waals surface area contributed by atoms with Crippen LogP contribution in [0, 0.1) is 0 Å². The fourth-order valence-corrected chi connectivity index (χ4v) is 2.69. The highest BCUT2D eigenvalue weighted by Gasteiger charge is 2.21. The lowest BCUT2D eigenvalue weighted by atomic mass is 10.6. The van der Waals surface area contributed by atoms with E-state index in [1.165, 1.54) is 10.9 Å². The molecule has 0 bridgehead atoms. The van der Waals surface area contributed by atoms with Crippen molar-refractivity contribution in [2.75, 3.05) is 5.73 Å². The van der Waals surface area contributed by atoms with E-state index < -0.39 is 10.0 Å². The minimum Gasteiger partial charge on any atom is -0.381 e. The minimum absolute atomic E-state index is 0.0352. The molecule has 0 unspecified atom stereocenters. The van der Waals surface area contributed by atoms with Gasteiger partial charge in [-0.1, -0.05) is 0 Å². The number of hydrogen-bond acceptors (Lipinski definition) is 6. The number of nitrogens with zero attached hydrogens (tertiary/aromatic N) is 5. The van der Waals surface area contributed by atoms with E-state index in [1.54, 1.807) is 17.9 Å². The third kappa shape index (κ3) is 2.74. The highest BCUT2D eigenvalue weighted by molar-refractivity contribution is 7.89. The fraction of sp³-hybridized carbons (Fsp3) is 0.444. The van der Waals surface area contributed by atoms with Crippen molar-refractivity contribution in [3.8, 4) is 0 Å². The van der Waals surface area contributed by atoms with Crippen molar-refractivity contribution < 1.29 is 8.42 Å². The Hall–Kier alpha value is -1.94. The van der Waals surface area contributed by atoms with Gasteiger partial charge in [0, 0.05) is 19.8 Å². The van der Waals surface area contributed by atoms with Crippen LogP contribution < -0.4 is 10.5 Å². The van der Waals surface area contributed by atoms with E-state index in [4.69, 9.17) is 5.73 Å². The first-order valence-electron chi connectivity index (χ1n) is 5.59. The molecule has 9 nitrogen and oxygen atoms in total. The SMILES string of the molecule is CCn1cnnc1CNS(=O)(=O)c1cn(C)nc1N. The third-order valence-electron chi connectivity index (χ3n) is 2.57. The van der Waals surface area contributed by atoms with Crippen molar-refractivity contribution in [3.05, 3.63) is 18.3 Å². The second-order valence-corrected chi connectivity index (χ2v) is 5.65. The Morgan fingerprint density at radius 2 is 2.21 bits per heavy atom. The maximum Gasteiger partial charge on any atom is 0.246 e. The van der Waals surface area contributed by atoms with Gasteiger partial charge >= 0.3 is 0 Å². The average molecular weight is 285 g/mol. The van der Waals surface area contributed by atoms with Crippen molar-refractivity contribution in [2.24, 2.45) is 7.05 Å². The van der Waals surface area contributed by atoms with E-state index in [1.807, 2.05) is 6.92 Å². The van der Waals surface area contributed by atoms with Crippen LogP contribution in [0.5, 0.6) is 0 Å². The molecular formula is C9H15N7O2S. The number of nitrogens with one attached hydrogen (secondary N) is 1. The lowest BCUT2D eigenvalue weighted by Gasteiger charge is -2.05. The van der Waals surface area contributed by atoms with Crippen LogP contribution in [0.15, 0.2) is 17.4 Å². The summed E-state index contributed by atoms with van der Waals surface area (Å²) in [5.41, 5.74) is 5.55. The number of aryl methyl sites for hydroxylation is 2. The second-order valence-electron chi connectivity index (χ2n) is 3.91. The van der Waals surface area contributed by atoms with Gasteiger partial charge in [-0.25, -0.2) is 13.1 Å². The highest BCUT2D eigenvalue weighted by Crippen LogP contribution is 2.15. The molecule has 19 heavy (non-hydrogen) atoms. The monoisotopic (exact) mass is 285 g/mol. The summed E-state index contributed by atoms with van der Waals surface area (Å²) < 4.78 is 29.6. The molecule has 0 aromatic carbocycles. The summed E-state index contributed by atoms with van der Waals surface area (Å²) in [6, 6.07) is 0. The van der Waals surface area contributed by atoms with Crippen LogP contribution in [0.1, 0.15) is 12.7 Å². The van der Waals surface area contributed by atoms with Crippen molar-refractivity contribution >= 4 is 15.8 Å². The van der Waals surface area contributed by atoms with Crippen LogP contribution in [0.2, 0.25) is 0 Å². The predicted molar refractivity (Wildman–Crippen MR) is 67.3 cm³/mol. The Morgan fingerprint density at radius 3 is 2.79 bits per heavy atom. The van der Waals surface area contributed by atoms with E-state index in [-0.39, 0.29) is 17.3 Å². The summed E-state index contributed by atoms with van der Waals surface area (Å²) in [5.74, 6) is 0.500.